The molecule has 0 aromatic heterocycles. The molecule has 0 aromatic carbocycles. The predicted molar refractivity (Wildman–Crippen MR) is 59.6 cm³/mol. The summed E-state index contributed by atoms with van der Waals surface area (Å²) in [6, 6.07) is 0. The number of hydrogen-bond donors (Lipinski definition) is 1. The maximum absolute atomic E-state index is 5.66. The van der Waals surface area contributed by atoms with Crippen LogP contribution in [0, 0.1) is 0 Å². The molecule has 0 aromatic rings. The molecule has 1 aliphatic rings. The molecule has 1 atom stereocenters. The minimum absolute atomic E-state index is 0.489. The Morgan fingerprint density at radius 1 is 1.50 bits per heavy atom. The molecule has 3 heteroatoms. The molecule has 1 heterocycles. The maximum Gasteiger partial charge on any atom is 0.0702 e. The van der Waals surface area contributed by atoms with Crippen LogP contribution < -0.4 is 5.32 Å². The maximum atomic E-state index is 5.66. The summed E-state index contributed by atoms with van der Waals surface area (Å²) in [5.74, 6) is 0. The van der Waals surface area contributed by atoms with Crippen LogP contribution in [0.4, 0.5) is 0 Å². The standard InChI is InChI=1S/C11H24N2O/c1-3-14-11-6-4-8-13(10-11)9-5-7-12-2/h11-12H,3-10H2,1-2H3. The van der Waals surface area contributed by atoms with Gasteiger partial charge >= 0.3 is 0 Å². The van der Waals surface area contributed by atoms with Crippen molar-refractivity contribution in [3.8, 4) is 0 Å². The van der Waals surface area contributed by atoms with Gasteiger partial charge in [0.1, 0.15) is 0 Å². The van der Waals surface area contributed by atoms with Gasteiger partial charge in [-0.3, -0.25) is 0 Å². The largest absolute Gasteiger partial charge is 0.377 e. The summed E-state index contributed by atoms with van der Waals surface area (Å²) in [5.41, 5.74) is 0. The average molecular weight is 200 g/mol. The first-order valence-electron chi connectivity index (χ1n) is 5.85. The lowest BCUT2D eigenvalue weighted by atomic mass is 10.1. The van der Waals surface area contributed by atoms with Gasteiger partial charge in [-0.2, -0.15) is 0 Å². The van der Waals surface area contributed by atoms with Gasteiger partial charge in [0.15, 0.2) is 0 Å². The molecular formula is C11H24N2O. The number of nitrogens with zero attached hydrogens (tertiary/aromatic N) is 1. The molecule has 14 heavy (non-hydrogen) atoms. The van der Waals surface area contributed by atoms with Gasteiger partial charge in [-0.05, 0) is 52.9 Å². The fraction of sp³-hybridized carbons (Fsp3) is 1.00. The van der Waals surface area contributed by atoms with Crippen LogP contribution in [0.2, 0.25) is 0 Å². The van der Waals surface area contributed by atoms with Crippen LogP contribution in [0.5, 0.6) is 0 Å². The molecule has 1 fully saturated rings. The zero-order valence-corrected chi connectivity index (χ0v) is 9.59. The van der Waals surface area contributed by atoms with Crippen molar-refractivity contribution in [2.24, 2.45) is 0 Å². The molecule has 1 unspecified atom stereocenters. The van der Waals surface area contributed by atoms with Crippen LogP contribution >= 0.6 is 0 Å². The van der Waals surface area contributed by atoms with E-state index < -0.39 is 0 Å². The van der Waals surface area contributed by atoms with E-state index in [4.69, 9.17) is 4.74 Å². The van der Waals surface area contributed by atoms with Crippen molar-refractivity contribution in [1.29, 1.82) is 0 Å². The van der Waals surface area contributed by atoms with E-state index in [1.54, 1.807) is 0 Å². The smallest absolute Gasteiger partial charge is 0.0702 e. The monoisotopic (exact) mass is 200 g/mol. The fourth-order valence-corrected chi connectivity index (χ4v) is 2.07. The summed E-state index contributed by atoms with van der Waals surface area (Å²) in [6.45, 7) is 7.67. The molecule has 1 saturated heterocycles. The van der Waals surface area contributed by atoms with Gasteiger partial charge in [0.2, 0.25) is 0 Å². The van der Waals surface area contributed by atoms with Gasteiger partial charge in [0.25, 0.3) is 0 Å². The number of hydrogen-bond acceptors (Lipinski definition) is 3. The third kappa shape index (κ3) is 4.40. The van der Waals surface area contributed by atoms with E-state index in [2.05, 4.69) is 17.1 Å². The number of piperidine rings is 1. The molecule has 0 radical (unpaired) electrons. The third-order valence-corrected chi connectivity index (χ3v) is 2.77. The van der Waals surface area contributed by atoms with Gasteiger partial charge in [0.05, 0.1) is 6.10 Å². The molecule has 0 saturated carbocycles. The molecule has 1 aliphatic heterocycles. The van der Waals surface area contributed by atoms with Crippen molar-refractivity contribution < 1.29 is 4.74 Å². The zero-order valence-electron chi connectivity index (χ0n) is 9.59. The summed E-state index contributed by atoms with van der Waals surface area (Å²) < 4.78 is 5.66. The lowest BCUT2D eigenvalue weighted by molar-refractivity contribution is 0.00580. The Labute approximate surface area is 87.8 Å². The van der Waals surface area contributed by atoms with Crippen LogP contribution in [0.25, 0.3) is 0 Å². The third-order valence-electron chi connectivity index (χ3n) is 2.77. The van der Waals surface area contributed by atoms with Crippen molar-refractivity contribution in [2.75, 3.05) is 39.8 Å². The van der Waals surface area contributed by atoms with Crippen molar-refractivity contribution in [1.82, 2.24) is 10.2 Å². The molecule has 1 N–H and O–H groups in total. The second-order valence-corrected chi connectivity index (χ2v) is 3.98. The molecule has 3 nitrogen and oxygen atoms in total. The van der Waals surface area contributed by atoms with Crippen LogP contribution in [-0.2, 0) is 4.74 Å². The van der Waals surface area contributed by atoms with E-state index in [1.165, 1.54) is 32.4 Å². The first kappa shape index (κ1) is 12.0. The minimum Gasteiger partial charge on any atom is -0.377 e. The Morgan fingerprint density at radius 3 is 3.07 bits per heavy atom. The van der Waals surface area contributed by atoms with Gasteiger partial charge in [-0.15, -0.1) is 0 Å². The molecule has 0 amide bonds. The Hall–Kier alpha value is -0.120. The normalized spacial score (nSPS) is 24.0. The Bertz CT molecular complexity index is 139. The highest BCUT2D eigenvalue weighted by Crippen LogP contribution is 2.12. The summed E-state index contributed by atoms with van der Waals surface area (Å²) in [4.78, 5) is 2.53. The predicted octanol–water partition coefficient (Wildman–Crippen LogP) is 1.10. The minimum atomic E-state index is 0.489. The van der Waals surface area contributed by atoms with Crippen LogP contribution in [-0.4, -0.2) is 50.8 Å². The van der Waals surface area contributed by atoms with Crippen LogP contribution in [0.1, 0.15) is 26.2 Å². The Kier molecular flexibility index (Phi) is 6.15. The lowest BCUT2D eigenvalue weighted by Crippen LogP contribution is -2.40. The zero-order chi connectivity index (χ0) is 10.2. The number of likely N-dealkylation sites (tertiary alicyclic amines) is 1. The van der Waals surface area contributed by atoms with E-state index >= 15 is 0 Å². The first-order valence-corrected chi connectivity index (χ1v) is 5.85. The summed E-state index contributed by atoms with van der Waals surface area (Å²) in [7, 11) is 2.01. The van der Waals surface area contributed by atoms with Gasteiger partial charge < -0.3 is 15.0 Å². The average Bonchev–Trinajstić information content (AvgIpc) is 2.19. The van der Waals surface area contributed by atoms with Crippen molar-refractivity contribution in [2.45, 2.75) is 32.3 Å². The molecule has 1 rings (SSSR count). The second-order valence-electron chi connectivity index (χ2n) is 3.98. The van der Waals surface area contributed by atoms with E-state index in [-0.39, 0.29) is 0 Å². The van der Waals surface area contributed by atoms with Crippen LogP contribution in [0.3, 0.4) is 0 Å². The van der Waals surface area contributed by atoms with Gasteiger partial charge in [0, 0.05) is 13.2 Å². The van der Waals surface area contributed by atoms with Crippen molar-refractivity contribution >= 4 is 0 Å². The molecule has 0 bridgehead atoms. The number of rotatable bonds is 6. The molecule has 0 aliphatic carbocycles. The number of ether oxygens (including phenoxy) is 1. The Balaban J connectivity index is 2.12. The first-order chi connectivity index (χ1) is 6.86. The molecule has 0 spiro atoms. The topological polar surface area (TPSA) is 24.5 Å². The van der Waals surface area contributed by atoms with E-state index in [0.29, 0.717) is 6.10 Å². The highest BCUT2D eigenvalue weighted by Gasteiger charge is 2.18. The highest BCUT2D eigenvalue weighted by molar-refractivity contribution is 4.73. The second kappa shape index (κ2) is 7.21. The summed E-state index contributed by atoms with van der Waals surface area (Å²) >= 11 is 0. The van der Waals surface area contributed by atoms with Crippen molar-refractivity contribution in [3.63, 3.8) is 0 Å². The summed E-state index contributed by atoms with van der Waals surface area (Å²) in [6.07, 6.45) is 4.28. The summed E-state index contributed by atoms with van der Waals surface area (Å²) in [5, 5.41) is 3.19. The Morgan fingerprint density at radius 2 is 2.36 bits per heavy atom. The van der Waals surface area contributed by atoms with Crippen LogP contribution in [0.15, 0.2) is 0 Å². The van der Waals surface area contributed by atoms with E-state index in [9.17, 15) is 0 Å². The molecular weight excluding hydrogens is 176 g/mol. The van der Waals surface area contributed by atoms with Gasteiger partial charge in [-0.25, -0.2) is 0 Å². The SMILES string of the molecule is CCOC1CCCN(CCCNC)C1. The van der Waals surface area contributed by atoms with E-state index in [1.807, 2.05) is 7.05 Å². The quantitative estimate of drug-likeness (QED) is 0.650. The fourth-order valence-electron chi connectivity index (χ4n) is 2.07. The molecule has 84 valence electrons. The van der Waals surface area contributed by atoms with Crippen molar-refractivity contribution in [3.05, 3.63) is 0 Å². The van der Waals surface area contributed by atoms with E-state index in [0.717, 1.165) is 19.7 Å². The number of nitrogens with one attached hydrogen (secondary N) is 1. The van der Waals surface area contributed by atoms with Gasteiger partial charge in [-0.1, -0.05) is 0 Å². The lowest BCUT2D eigenvalue weighted by Gasteiger charge is -2.32. The highest BCUT2D eigenvalue weighted by atomic mass is 16.5.